The van der Waals surface area contributed by atoms with Crippen LogP contribution in [-0.2, 0) is 16.1 Å². The van der Waals surface area contributed by atoms with Crippen molar-refractivity contribution in [2.45, 2.75) is 6.54 Å². The summed E-state index contributed by atoms with van der Waals surface area (Å²) in [6.07, 6.45) is 0. The van der Waals surface area contributed by atoms with Crippen LogP contribution in [0.4, 0.5) is 0 Å². The third-order valence-electron chi connectivity index (χ3n) is 3.75. The van der Waals surface area contributed by atoms with E-state index in [1.807, 2.05) is 35.0 Å². The molecule has 1 amide bonds. The molecule has 8 heteroatoms. The predicted molar refractivity (Wildman–Crippen MR) is 88.5 cm³/mol. The summed E-state index contributed by atoms with van der Waals surface area (Å²) in [4.78, 5) is 15.9. The van der Waals surface area contributed by atoms with Crippen LogP contribution in [0.2, 0.25) is 5.02 Å². The molecule has 1 aliphatic heterocycles. The summed E-state index contributed by atoms with van der Waals surface area (Å²) in [6, 6.07) is 7.30. The second-order valence-electron chi connectivity index (χ2n) is 5.65. The predicted octanol–water partition coefficient (Wildman–Crippen LogP) is 1.68. The fourth-order valence-electron chi connectivity index (χ4n) is 2.49. The van der Waals surface area contributed by atoms with E-state index < -0.39 is 0 Å². The van der Waals surface area contributed by atoms with Crippen molar-refractivity contribution in [1.82, 2.24) is 20.0 Å². The summed E-state index contributed by atoms with van der Waals surface area (Å²) >= 11 is 6.13. The highest BCUT2D eigenvalue weighted by molar-refractivity contribution is 6.33. The van der Waals surface area contributed by atoms with Crippen LogP contribution in [0.25, 0.3) is 11.5 Å². The number of nitrogens with zero attached hydrogens (tertiary/aromatic N) is 4. The Morgan fingerprint density at radius 3 is 2.79 bits per heavy atom. The second kappa shape index (κ2) is 7.74. The molecule has 0 N–H and O–H groups in total. The van der Waals surface area contributed by atoms with Gasteiger partial charge in [-0.2, -0.15) is 0 Å². The number of halogens is 1. The van der Waals surface area contributed by atoms with Crippen molar-refractivity contribution in [2.75, 3.05) is 39.9 Å². The van der Waals surface area contributed by atoms with Gasteiger partial charge in [-0.1, -0.05) is 23.7 Å². The normalized spacial score (nSPS) is 15.0. The van der Waals surface area contributed by atoms with E-state index >= 15 is 0 Å². The van der Waals surface area contributed by atoms with E-state index in [0.29, 0.717) is 61.8 Å². The Morgan fingerprint density at radius 1 is 1.29 bits per heavy atom. The number of hydrogen-bond acceptors (Lipinski definition) is 6. The molecule has 0 unspecified atom stereocenters. The molecule has 0 atom stereocenters. The van der Waals surface area contributed by atoms with Gasteiger partial charge in [-0.25, -0.2) is 0 Å². The number of ether oxygens (including phenoxy) is 1. The molecule has 1 fully saturated rings. The molecule has 0 aliphatic carbocycles. The SMILES string of the molecule is CN(CC(=O)N1CCOCC1)Cc1nnc(-c2ccccc2Cl)o1. The van der Waals surface area contributed by atoms with E-state index in [4.69, 9.17) is 20.8 Å². The van der Waals surface area contributed by atoms with Gasteiger partial charge in [-0.05, 0) is 19.2 Å². The Balaban J connectivity index is 1.58. The minimum Gasteiger partial charge on any atom is -0.419 e. The molecule has 1 saturated heterocycles. The molecular weight excluding hydrogens is 332 g/mol. The van der Waals surface area contributed by atoms with E-state index in [9.17, 15) is 4.79 Å². The largest absolute Gasteiger partial charge is 0.419 e. The van der Waals surface area contributed by atoms with E-state index in [-0.39, 0.29) is 5.91 Å². The molecule has 2 heterocycles. The standard InChI is InChI=1S/C16H19ClN4O3/c1-20(11-15(22)21-6-8-23-9-7-21)10-14-18-19-16(24-14)12-4-2-3-5-13(12)17/h2-5H,6-11H2,1H3. The van der Waals surface area contributed by atoms with Gasteiger partial charge in [0, 0.05) is 13.1 Å². The molecule has 0 radical (unpaired) electrons. The number of amides is 1. The van der Waals surface area contributed by atoms with Crippen LogP contribution in [0, 0.1) is 0 Å². The summed E-state index contributed by atoms with van der Waals surface area (Å²) in [5.41, 5.74) is 0.699. The minimum absolute atomic E-state index is 0.0756. The first-order chi connectivity index (χ1) is 11.6. The Hall–Kier alpha value is -1.96. The number of carbonyl (C=O) groups is 1. The molecule has 24 heavy (non-hydrogen) atoms. The van der Waals surface area contributed by atoms with Crippen molar-refractivity contribution in [2.24, 2.45) is 0 Å². The van der Waals surface area contributed by atoms with Gasteiger partial charge >= 0.3 is 0 Å². The number of benzene rings is 1. The summed E-state index contributed by atoms with van der Waals surface area (Å²) in [5.74, 6) is 0.900. The molecule has 128 valence electrons. The van der Waals surface area contributed by atoms with Gasteiger partial charge in [-0.15, -0.1) is 10.2 Å². The highest BCUT2D eigenvalue weighted by Crippen LogP contribution is 2.26. The van der Waals surface area contributed by atoms with Gasteiger partial charge < -0.3 is 14.1 Å². The van der Waals surface area contributed by atoms with Gasteiger partial charge in [0.1, 0.15) is 0 Å². The van der Waals surface area contributed by atoms with Crippen molar-refractivity contribution in [3.05, 3.63) is 35.2 Å². The van der Waals surface area contributed by atoms with Crippen LogP contribution >= 0.6 is 11.6 Å². The average molecular weight is 351 g/mol. The summed E-state index contributed by atoms with van der Waals surface area (Å²) in [7, 11) is 1.84. The maximum absolute atomic E-state index is 12.2. The first-order valence-corrected chi connectivity index (χ1v) is 8.12. The first-order valence-electron chi connectivity index (χ1n) is 7.75. The second-order valence-corrected chi connectivity index (χ2v) is 6.05. The van der Waals surface area contributed by atoms with E-state index in [1.54, 1.807) is 6.07 Å². The zero-order chi connectivity index (χ0) is 16.9. The topological polar surface area (TPSA) is 71.7 Å². The minimum atomic E-state index is 0.0756. The van der Waals surface area contributed by atoms with Crippen molar-refractivity contribution >= 4 is 17.5 Å². The van der Waals surface area contributed by atoms with Crippen molar-refractivity contribution < 1.29 is 13.9 Å². The van der Waals surface area contributed by atoms with Crippen LogP contribution < -0.4 is 0 Å². The van der Waals surface area contributed by atoms with Gasteiger partial charge in [0.2, 0.25) is 17.7 Å². The van der Waals surface area contributed by atoms with Crippen molar-refractivity contribution in [3.8, 4) is 11.5 Å². The number of carbonyl (C=O) groups excluding carboxylic acids is 1. The molecule has 0 bridgehead atoms. The van der Waals surface area contributed by atoms with Gasteiger partial charge in [0.25, 0.3) is 0 Å². The molecular formula is C16H19ClN4O3. The maximum atomic E-state index is 12.2. The van der Waals surface area contributed by atoms with Gasteiger partial charge in [-0.3, -0.25) is 9.69 Å². The summed E-state index contributed by atoms with van der Waals surface area (Å²) in [6.45, 7) is 3.17. The van der Waals surface area contributed by atoms with Gasteiger partial charge in [0.05, 0.1) is 36.9 Å². The monoisotopic (exact) mass is 350 g/mol. The molecule has 2 aromatic rings. The summed E-state index contributed by atoms with van der Waals surface area (Å²) in [5, 5.41) is 8.62. The first kappa shape index (κ1) is 16.9. The Morgan fingerprint density at radius 2 is 2.04 bits per heavy atom. The van der Waals surface area contributed by atoms with Crippen molar-refractivity contribution in [1.29, 1.82) is 0 Å². The number of likely N-dealkylation sites (N-methyl/N-ethyl adjacent to an activating group) is 1. The van der Waals surface area contributed by atoms with E-state index in [0.717, 1.165) is 0 Å². The maximum Gasteiger partial charge on any atom is 0.249 e. The lowest BCUT2D eigenvalue weighted by atomic mass is 10.2. The Bertz CT molecular complexity index is 700. The lowest BCUT2D eigenvalue weighted by Gasteiger charge is -2.28. The molecule has 0 saturated carbocycles. The lowest BCUT2D eigenvalue weighted by Crippen LogP contribution is -2.44. The number of hydrogen-bond donors (Lipinski definition) is 0. The van der Waals surface area contributed by atoms with Crippen LogP contribution in [0.1, 0.15) is 5.89 Å². The van der Waals surface area contributed by atoms with E-state index in [1.165, 1.54) is 0 Å². The highest BCUT2D eigenvalue weighted by atomic mass is 35.5. The van der Waals surface area contributed by atoms with Crippen LogP contribution in [-0.4, -0.2) is 65.8 Å². The molecule has 1 aliphatic rings. The fraction of sp³-hybridized carbons (Fsp3) is 0.438. The number of aromatic nitrogens is 2. The lowest BCUT2D eigenvalue weighted by molar-refractivity contribution is -0.136. The van der Waals surface area contributed by atoms with Crippen LogP contribution in [0.5, 0.6) is 0 Å². The zero-order valence-electron chi connectivity index (χ0n) is 13.4. The third-order valence-corrected chi connectivity index (χ3v) is 4.07. The Labute approximate surface area is 145 Å². The molecule has 3 rings (SSSR count). The smallest absolute Gasteiger partial charge is 0.249 e. The van der Waals surface area contributed by atoms with Crippen molar-refractivity contribution in [3.63, 3.8) is 0 Å². The fourth-order valence-corrected chi connectivity index (χ4v) is 2.71. The van der Waals surface area contributed by atoms with E-state index in [2.05, 4.69) is 10.2 Å². The molecule has 7 nitrogen and oxygen atoms in total. The quantitative estimate of drug-likeness (QED) is 0.817. The third kappa shape index (κ3) is 4.11. The highest BCUT2D eigenvalue weighted by Gasteiger charge is 2.19. The zero-order valence-corrected chi connectivity index (χ0v) is 14.2. The molecule has 1 aromatic heterocycles. The Kier molecular flexibility index (Phi) is 5.44. The molecule has 1 aromatic carbocycles. The van der Waals surface area contributed by atoms with Crippen LogP contribution in [0.3, 0.4) is 0 Å². The molecule has 0 spiro atoms. The number of morpholine rings is 1. The average Bonchev–Trinajstić information content (AvgIpc) is 3.04. The van der Waals surface area contributed by atoms with Crippen LogP contribution in [0.15, 0.2) is 28.7 Å². The van der Waals surface area contributed by atoms with Gasteiger partial charge in [0.15, 0.2) is 0 Å². The number of rotatable bonds is 5. The summed E-state index contributed by atoms with van der Waals surface area (Å²) < 4.78 is 10.9.